The lowest BCUT2D eigenvalue weighted by Crippen LogP contribution is -2.33. The first-order valence-electron chi connectivity index (χ1n) is 6.20. The highest BCUT2D eigenvalue weighted by atomic mass is 79.9. The Morgan fingerprint density at radius 3 is 2.48 bits per heavy atom. The number of carbonyl (C=O) groups is 1. The predicted molar refractivity (Wildman–Crippen MR) is 83.5 cm³/mol. The molecule has 0 aliphatic carbocycles. The van der Waals surface area contributed by atoms with Crippen LogP contribution >= 0.6 is 26.6 Å². The van der Waals surface area contributed by atoms with Crippen LogP contribution in [0.15, 0.2) is 21.5 Å². The van der Waals surface area contributed by atoms with Gasteiger partial charge in [-0.25, -0.2) is 12.8 Å². The number of rotatable bonds is 5. The Kier molecular flexibility index (Phi) is 5.80. The molecule has 0 atom stereocenters. The van der Waals surface area contributed by atoms with E-state index < -0.39 is 25.7 Å². The van der Waals surface area contributed by atoms with Crippen LogP contribution in [0, 0.1) is 11.2 Å². The van der Waals surface area contributed by atoms with Crippen LogP contribution in [-0.4, -0.2) is 20.9 Å². The van der Waals surface area contributed by atoms with Crippen molar-refractivity contribution in [3.8, 4) is 0 Å². The minimum absolute atomic E-state index is 0.0955. The molecule has 0 aromatic heterocycles. The molecule has 0 heterocycles. The molecule has 0 fully saturated rings. The van der Waals surface area contributed by atoms with Crippen molar-refractivity contribution in [1.82, 2.24) is 5.32 Å². The summed E-state index contributed by atoms with van der Waals surface area (Å²) in [5.74, 6) is -1.42. The van der Waals surface area contributed by atoms with Gasteiger partial charge in [-0.05, 0) is 39.9 Å². The standard InChI is InChI=1S/C13H16BrClFNO3S/c1-4-13(2,3)7-17-12(18)8-5-9(16)11(14)10(6-8)21(15,19)20/h5-6H,4,7H2,1-3H3,(H,17,18). The molecular weight excluding hydrogens is 385 g/mol. The van der Waals surface area contributed by atoms with Crippen molar-refractivity contribution in [3.63, 3.8) is 0 Å². The van der Waals surface area contributed by atoms with Crippen molar-refractivity contribution in [1.29, 1.82) is 0 Å². The zero-order chi connectivity index (χ0) is 16.4. The highest BCUT2D eigenvalue weighted by Gasteiger charge is 2.22. The van der Waals surface area contributed by atoms with Crippen molar-refractivity contribution in [2.24, 2.45) is 5.41 Å². The van der Waals surface area contributed by atoms with E-state index in [9.17, 15) is 17.6 Å². The summed E-state index contributed by atoms with van der Waals surface area (Å²) in [5.41, 5.74) is -0.202. The molecule has 4 nitrogen and oxygen atoms in total. The molecule has 1 amide bonds. The summed E-state index contributed by atoms with van der Waals surface area (Å²) in [6.45, 7) is 6.33. The molecule has 118 valence electrons. The van der Waals surface area contributed by atoms with Crippen LogP contribution in [0.3, 0.4) is 0 Å². The van der Waals surface area contributed by atoms with Gasteiger partial charge in [0, 0.05) is 22.8 Å². The average Bonchev–Trinajstić information content (AvgIpc) is 2.37. The maximum Gasteiger partial charge on any atom is 0.262 e. The zero-order valence-corrected chi connectivity index (χ0v) is 15.0. The third-order valence-corrected chi connectivity index (χ3v) is 5.62. The van der Waals surface area contributed by atoms with Gasteiger partial charge in [0.15, 0.2) is 0 Å². The van der Waals surface area contributed by atoms with Crippen molar-refractivity contribution >= 4 is 41.6 Å². The van der Waals surface area contributed by atoms with Gasteiger partial charge in [-0.3, -0.25) is 4.79 Å². The highest BCUT2D eigenvalue weighted by Crippen LogP contribution is 2.29. The largest absolute Gasteiger partial charge is 0.352 e. The summed E-state index contributed by atoms with van der Waals surface area (Å²) in [6.07, 6.45) is 0.850. The van der Waals surface area contributed by atoms with E-state index in [1.807, 2.05) is 20.8 Å². The number of hydrogen-bond acceptors (Lipinski definition) is 3. The van der Waals surface area contributed by atoms with Crippen molar-refractivity contribution in [2.75, 3.05) is 6.54 Å². The summed E-state index contributed by atoms with van der Waals surface area (Å²) >= 11 is 2.81. The molecular formula is C13H16BrClFNO3S. The smallest absolute Gasteiger partial charge is 0.262 e. The normalized spacial score (nSPS) is 12.3. The van der Waals surface area contributed by atoms with Gasteiger partial charge in [-0.1, -0.05) is 20.8 Å². The molecule has 0 aliphatic heterocycles. The minimum Gasteiger partial charge on any atom is -0.352 e. The zero-order valence-electron chi connectivity index (χ0n) is 11.8. The summed E-state index contributed by atoms with van der Waals surface area (Å²) in [5, 5.41) is 2.66. The number of nitrogens with one attached hydrogen (secondary N) is 1. The molecule has 1 aromatic carbocycles. The van der Waals surface area contributed by atoms with Crippen molar-refractivity contribution in [3.05, 3.63) is 28.0 Å². The molecule has 1 rings (SSSR count). The third-order valence-electron chi connectivity index (χ3n) is 3.20. The van der Waals surface area contributed by atoms with E-state index in [2.05, 4.69) is 21.2 Å². The summed E-state index contributed by atoms with van der Waals surface area (Å²) in [4.78, 5) is 11.6. The fourth-order valence-corrected chi connectivity index (χ4v) is 3.51. The van der Waals surface area contributed by atoms with E-state index in [-0.39, 0.29) is 15.5 Å². The lowest BCUT2D eigenvalue weighted by atomic mass is 9.90. The minimum atomic E-state index is -4.15. The first-order chi connectivity index (χ1) is 9.48. The predicted octanol–water partition coefficient (Wildman–Crippen LogP) is 3.68. The molecule has 0 radical (unpaired) electrons. The first-order valence-corrected chi connectivity index (χ1v) is 9.30. The van der Waals surface area contributed by atoms with Gasteiger partial charge in [0.2, 0.25) is 0 Å². The lowest BCUT2D eigenvalue weighted by molar-refractivity contribution is 0.0935. The fraction of sp³-hybridized carbons (Fsp3) is 0.462. The van der Waals surface area contributed by atoms with E-state index in [1.165, 1.54) is 0 Å². The van der Waals surface area contributed by atoms with Gasteiger partial charge in [0.05, 0.1) is 4.47 Å². The molecule has 0 unspecified atom stereocenters. The molecule has 0 aliphatic rings. The second-order valence-corrected chi connectivity index (χ2v) is 8.74. The van der Waals surface area contributed by atoms with Crippen molar-refractivity contribution in [2.45, 2.75) is 32.1 Å². The second-order valence-electron chi connectivity index (χ2n) is 5.41. The maximum absolute atomic E-state index is 13.7. The van der Waals surface area contributed by atoms with Gasteiger partial charge < -0.3 is 5.32 Å². The van der Waals surface area contributed by atoms with E-state index >= 15 is 0 Å². The molecule has 0 saturated carbocycles. The highest BCUT2D eigenvalue weighted by molar-refractivity contribution is 9.10. The molecule has 8 heteroatoms. The summed E-state index contributed by atoms with van der Waals surface area (Å²) in [6, 6.07) is 2.01. The van der Waals surface area contributed by atoms with Crippen LogP contribution in [0.2, 0.25) is 0 Å². The molecule has 1 N–H and O–H groups in total. The van der Waals surface area contributed by atoms with Crippen LogP contribution in [0.5, 0.6) is 0 Å². The third kappa shape index (κ3) is 4.93. The monoisotopic (exact) mass is 399 g/mol. The van der Waals surface area contributed by atoms with Gasteiger partial charge in [0.25, 0.3) is 15.0 Å². The Morgan fingerprint density at radius 1 is 1.43 bits per heavy atom. The number of halogens is 3. The Balaban J connectivity index is 3.10. The first kappa shape index (κ1) is 18.4. The van der Waals surface area contributed by atoms with Crippen LogP contribution in [-0.2, 0) is 9.05 Å². The topological polar surface area (TPSA) is 63.2 Å². The molecule has 0 saturated heterocycles. The van der Waals surface area contributed by atoms with E-state index in [0.29, 0.717) is 6.54 Å². The molecule has 0 bridgehead atoms. The summed E-state index contributed by atoms with van der Waals surface area (Å²) < 4.78 is 36.2. The lowest BCUT2D eigenvalue weighted by Gasteiger charge is -2.22. The average molecular weight is 401 g/mol. The Labute approximate surface area is 136 Å². The van der Waals surface area contributed by atoms with Gasteiger partial charge in [-0.15, -0.1) is 0 Å². The second kappa shape index (κ2) is 6.62. The molecule has 1 aromatic rings. The number of hydrogen-bond donors (Lipinski definition) is 1. The summed E-state index contributed by atoms with van der Waals surface area (Å²) in [7, 11) is 1.07. The number of benzene rings is 1. The quantitative estimate of drug-likeness (QED) is 0.767. The van der Waals surface area contributed by atoms with E-state index in [1.54, 1.807) is 0 Å². The fourth-order valence-electron chi connectivity index (χ4n) is 1.42. The maximum atomic E-state index is 13.7. The van der Waals surface area contributed by atoms with Gasteiger partial charge >= 0.3 is 0 Å². The van der Waals surface area contributed by atoms with Crippen molar-refractivity contribution < 1.29 is 17.6 Å². The Morgan fingerprint density at radius 2 is 2.00 bits per heavy atom. The van der Waals surface area contributed by atoms with Gasteiger partial charge in [0.1, 0.15) is 10.7 Å². The van der Waals surface area contributed by atoms with Crippen LogP contribution < -0.4 is 5.32 Å². The van der Waals surface area contributed by atoms with Gasteiger partial charge in [-0.2, -0.15) is 0 Å². The van der Waals surface area contributed by atoms with E-state index in [4.69, 9.17) is 10.7 Å². The Bertz CT molecular complexity index is 662. The van der Waals surface area contributed by atoms with E-state index in [0.717, 1.165) is 18.6 Å². The molecule has 21 heavy (non-hydrogen) atoms. The number of carbonyl (C=O) groups excluding carboxylic acids is 1. The van der Waals surface area contributed by atoms with Crippen LogP contribution in [0.25, 0.3) is 0 Å². The van der Waals surface area contributed by atoms with Crippen LogP contribution in [0.1, 0.15) is 37.6 Å². The Hall–Kier alpha value is -0.660. The SMILES string of the molecule is CCC(C)(C)CNC(=O)c1cc(F)c(Br)c(S(=O)(=O)Cl)c1. The molecule has 0 spiro atoms. The van der Waals surface area contributed by atoms with Crippen LogP contribution in [0.4, 0.5) is 4.39 Å². The number of amides is 1.